The third-order valence-electron chi connectivity index (χ3n) is 2.09. The normalized spacial score (nSPS) is 23.4. The quantitative estimate of drug-likeness (QED) is 0.665. The summed E-state index contributed by atoms with van der Waals surface area (Å²) in [6.07, 6.45) is 0. The molecule has 4 heteroatoms. The number of carbonyl (C=O) groups is 1. The van der Waals surface area contributed by atoms with E-state index in [0.29, 0.717) is 18.8 Å². The molecule has 14 heavy (non-hydrogen) atoms. The molecule has 74 valence electrons. The summed E-state index contributed by atoms with van der Waals surface area (Å²) in [6.45, 7) is -0.223. The van der Waals surface area contributed by atoms with Gasteiger partial charge in [0.15, 0.2) is 0 Å². The number of rotatable bonds is 1. The molecule has 0 bridgehead atoms. The molecular formula is C10H12N2O2. The van der Waals surface area contributed by atoms with Crippen molar-refractivity contribution in [1.29, 1.82) is 0 Å². The van der Waals surface area contributed by atoms with Gasteiger partial charge >= 0.3 is 0 Å². The first-order chi connectivity index (χ1) is 7.18. The number of carbonyl (C=O) groups excluding carboxylic acids is 1. The van der Waals surface area contributed by atoms with Crippen LogP contribution in [0.4, 0.5) is 11.4 Å². The van der Waals surface area contributed by atoms with Gasteiger partial charge in [0.05, 0.1) is 7.98 Å². The van der Waals surface area contributed by atoms with Crippen LogP contribution >= 0.6 is 0 Å². The number of nitrogen functional groups attached to an aromatic ring is 1. The molecule has 0 spiro atoms. The van der Waals surface area contributed by atoms with Crippen LogP contribution in [0, 0.1) is 0 Å². The molecule has 1 atom stereocenters. The lowest BCUT2D eigenvalue weighted by atomic mass is 10.2. The molecule has 1 aliphatic heterocycles. The highest BCUT2D eigenvalue weighted by atomic mass is 16.5. The molecule has 1 amide bonds. The zero-order valence-corrected chi connectivity index (χ0v) is 7.64. The van der Waals surface area contributed by atoms with Crippen molar-refractivity contribution in [2.75, 3.05) is 30.4 Å². The van der Waals surface area contributed by atoms with Gasteiger partial charge in [0.2, 0.25) is 0 Å². The zero-order chi connectivity index (χ0) is 10.8. The zero-order valence-electron chi connectivity index (χ0n) is 8.64. The lowest BCUT2D eigenvalue weighted by Crippen LogP contribution is -2.41. The largest absolute Gasteiger partial charge is 0.399 e. The Morgan fingerprint density at radius 3 is 2.86 bits per heavy atom. The van der Waals surface area contributed by atoms with E-state index in [1.807, 2.05) is 0 Å². The second-order valence-electron chi connectivity index (χ2n) is 3.07. The number of hydrogen-bond donors (Lipinski definition) is 1. The predicted octanol–water partition coefficient (Wildman–Crippen LogP) is 0.632. The first-order valence-corrected chi connectivity index (χ1v) is 4.39. The molecule has 0 radical (unpaired) electrons. The summed E-state index contributed by atoms with van der Waals surface area (Å²) in [6, 6.07) is 7.00. The molecule has 2 rings (SSSR count). The van der Waals surface area contributed by atoms with Crippen molar-refractivity contribution >= 4 is 17.3 Å². The van der Waals surface area contributed by atoms with E-state index in [1.54, 1.807) is 29.2 Å². The van der Waals surface area contributed by atoms with E-state index in [9.17, 15) is 4.79 Å². The highest BCUT2D eigenvalue weighted by molar-refractivity contribution is 5.94. The van der Waals surface area contributed by atoms with Crippen LogP contribution in [-0.2, 0) is 9.53 Å². The second kappa shape index (κ2) is 3.67. The Hall–Kier alpha value is -1.55. The van der Waals surface area contributed by atoms with Crippen molar-refractivity contribution in [3.05, 3.63) is 24.3 Å². The average Bonchev–Trinajstić information content (AvgIpc) is 2.24. The molecule has 0 aliphatic carbocycles. The van der Waals surface area contributed by atoms with Crippen molar-refractivity contribution in [3.8, 4) is 0 Å². The summed E-state index contributed by atoms with van der Waals surface area (Å²) in [5, 5.41) is 0. The van der Waals surface area contributed by atoms with Gasteiger partial charge in [-0.1, -0.05) is 0 Å². The highest BCUT2D eigenvalue weighted by Gasteiger charge is 2.19. The predicted molar refractivity (Wildman–Crippen MR) is 54.0 cm³/mol. The maximum atomic E-state index is 11.6. The van der Waals surface area contributed by atoms with Crippen LogP contribution in [0.1, 0.15) is 1.37 Å². The van der Waals surface area contributed by atoms with Crippen LogP contribution in [0.2, 0.25) is 0 Å². The summed E-state index contributed by atoms with van der Waals surface area (Å²) < 4.78 is 12.3. The Kier molecular flexibility index (Phi) is 2.05. The van der Waals surface area contributed by atoms with Gasteiger partial charge in [0.25, 0.3) is 5.91 Å². The third kappa shape index (κ3) is 1.70. The van der Waals surface area contributed by atoms with Crippen molar-refractivity contribution in [2.24, 2.45) is 0 Å². The maximum absolute atomic E-state index is 11.6. The van der Waals surface area contributed by atoms with Gasteiger partial charge in [-0.05, 0) is 24.3 Å². The average molecular weight is 193 g/mol. The van der Waals surface area contributed by atoms with Crippen molar-refractivity contribution in [2.45, 2.75) is 0 Å². The standard InChI is InChI=1S/C10H12N2O2/c11-8-1-3-9(4-2-8)12-5-6-14-7-10(12)13/h1-4H,5-7,11H2/i7D. The number of ether oxygens (including phenoxy) is 1. The number of nitrogens with zero attached hydrogens (tertiary/aromatic N) is 1. The minimum absolute atomic E-state index is 0.328. The minimum Gasteiger partial charge on any atom is -0.399 e. The Labute approximate surface area is 83.7 Å². The van der Waals surface area contributed by atoms with Crippen LogP contribution in [0.25, 0.3) is 0 Å². The van der Waals surface area contributed by atoms with E-state index in [1.165, 1.54) is 0 Å². The molecule has 0 aromatic heterocycles. The Bertz CT molecular complexity index is 366. The van der Waals surface area contributed by atoms with Gasteiger partial charge < -0.3 is 15.4 Å². The number of anilines is 2. The van der Waals surface area contributed by atoms with Crippen LogP contribution in [0.5, 0.6) is 0 Å². The Morgan fingerprint density at radius 2 is 2.14 bits per heavy atom. The van der Waals surface area contributed by atoms with E-state index in [0.717, 1.165) is 5.69 Å². The van der Waals surface area contributed by atoms with E-state index in [2.05, 4.69) is 0 Å². The number of hydrogen-bond acceptors (Lipinski definition) is 3. The van der Waals surface area contributed by atoms with E-state index < -0.39 is 6.58 Å². The monoisotopic (exact) mass is 193 g/mol. The van der Waals surface area contributed by atoms with Crippen molar-refractivity contribution in [1.82, 2.24) is 0 Å². The third-order valence-corrected chi connectivity index (χ3v) is 2.09. The summed E-state index contributed by atoms with van der Waals surface area (Å²) in [7, 11) is 0. The maximum Gasteiger partial charge on any atom is 0.253 e. The van der Waals surface area contributed by atoms with Crippen molar-refractivity contribution in [3.63, 3.8) is 0 Å². The fraction of sp³-hybridized carbons (Fsp3) is 0.300. The summed E-state index contributed by atoms with van der Waals surface area (Å²) in [5.74, 6) is -0.328. The molecule has 2 N–H and O–H groups in total. The van der Waals surface area contributed by atoms with Crippen LogP contribution < -0.4 is 10.6 Å². The van der Waals surface area contributed by atoms with Crippen LogP contribution in [0.15, 0.2) is 24.3 Å². The Balaban J connectivity index is 2.22. The van der Waals surface area contributed by atoms with Crippen LogP contribution in [0.3, 0.4) is 0 Å². The van der Waals surface area contributed by atoms with Crippen molar-refractivity contribution < 1.29 is 10.9 Å². The molecule has 1 aliphatic rings. The van der Waals surface area contributed by atoms with E-state index >= 15 is 0 Å². The van der Waals surface area contributed by atoms with Gasteiger partial charge in [-0.3, -0.25) is 4.79 Å². The smallest absolute Gasteiger partial charge is 0.253 e. The fourth-order valence-corrected chi connectivity index (χ4v) is 1.36. The number of benzene rings is 1. The molecular weight excluding hydrogens is 180 g/mol. The molecule has 1 aromatic rings. The number of morpholine rings is 1. The molecule has 4 nitrogen and oxygen atoms in total. The topological polar surface area (TPSA) is 55.6 Å². The molecule has 1 heterocycles. The lowest BCUT2D eigenvalue weighted by molar-refractivity contribution is -0.125. The molecule has 1 unspecified atom stereocenters. The van der Waals surface area contributed by atoms with Gasteiger partial charge in [-0.2, -0.15) is 0 Å². The molecule has 1 saturated heterocycles. The SMILES string of the molecule is [2H]C1OCCN(c2ccc(N)cc2)C1=O. The molecule has 1 fully saturated rings. The number of nitrogens with two attached hydrogens (primary N) is 1. The van der Waals surface area contributed by atoms with Gasteiger partial charge in [-0.25, -0.2) is 0 Å². The fourth-order valence-electron chi connectivity index (χ4n) is 1.36. The van der Waals surface area contributed by atoms with Gasteiger partial charge in [0.1, 0.15) is 6.58 Å². The van der Waals surface area contributed by atoms with Gasteiger partial charge in [-0.15, -0.1) is 0 Å². The molecule has 0 saturated carbocycles. The van der Waals surface area contributed by atoms with Gasteiger partial charge in [0, 0.05) is 17.9 Å². The first kappa shape index (κ1) is 7.82. The van der Waals surface area contributed by atoms with E-state index in [-0.39, 0.29) is 5.91 Å². The Morgan fingerprint density at radius 1 is 1.43 bits per heavy atom. The first-order valence-electron chi connectivity index (χ1n) is 4.97. The minimum atomic E-state index is -1.10. The summed E-state index contributed by atoms with van der Waals surface area (Å²) in [4.78, 5) is 13.1. The van der Waals surface area contributed by atoms with Crippen LogP contribution in [-0.4, -0.2) is 25.6 Å². The summed E-state index contributed by atoms with van der Waals surface area (Å²) >= 11 is 0. The highest BCUT2D eigenvalue weighted by Crippen LogP contribution is 2.17. The lowest BCUT2D eigenvalue weighted by Gasteiger charge is -2.26. The summed E-state index contributed by atoms with van der Waals surface area (Å²) in [5.41, 5.74) is 6.97. The molecule has 1 aromatic carbocycles. The number of amides is 1. The van der Waals surface area contributed by atoms with E-state index in [4.69, 9.17) is 11.8 Å². The second-order valence-corrected chi connectivity index (χ2v) is 3.07.